The van der Waals surface area contributed by atoms with Gasteiger partial charge in [-0.3, -0.25) is 4.98 Å². The first-order chi connectivity index (χ1) is 12.1. The number of nitrogens with zero attached hydrogens (tertiary/aromatic N) is 3. The highest BCUT2D eigenvalue weighted by Crippen LogP contribution is 2.18. The van der Waals surface area contributed by atoms with Crippen LogP contribution in [0, 0.1) is 0 Å². The molecular formula is C17H17N5O3. The lowest BCUT2D eigenvalue weighted by molar-refractivity contribution is 0.0697. The van der Waals surface area contributed by atoms with E-state index in [-0.39, 0.29) is 18.1 Å². The molecule has 0 aliphatic heterocycles. The first kappa shape index (κ1) is 17.7. The third-order valence-electron chi connectivity index (χ3n) is 2.96. The second-order valence-electron chi connectivity index (χ2n) is 4.78. The highest BCUT2D eigenvalue weighted by atomic mass is 16.5. The molecule has 0 saturated carbocycles. The molecule has 25 heavy (non-hydrogen) atoms. The quantitative estimate of drug-likeness (QED) is 0.398. The van der Waals surface area contributed by atoms with Crippen LogP contribution >= 0.6 is 0 Å². The first-order valence-electron chi connectivity index (χ1n) is 7.26. The van der Waals surface area contributed by atoms with Crippen LogP contribution in [0.5, 0.6) is 5.75 Å². The van der Waals surface area contributed by atoms with Crippen LogP contribution < -0.4 is 16.2 Å². The zero-order valence-corrected chi connectivity index (χ0v) is 13.2. The molecule has 8 nitrogen and oxygen atoms in total. The average Bonchev–Trinajstić information content (AvgIpc) is 2.60. The van der Waals surface area contributed by atoms with Crippen LogP contribution in [-0.4, -0.2) is 34.8 Å². The van der Waals surface area contributed by atoms with Crippen molar-refractivity contribution in [1.29, 1.82) is 0 Å². The van der Waals surface area contributed by atoms with E-state index in [0.29, 0.717) is 11.4 Å². The van der Waals surface area contributed by atoms with E-state index in [1.807, 2.05) is 6.08 Å². The van der Waals surface area contributed by atoms with Crippen molar-refractivity contribution in [2.45, 2.75) is 0 Å². The van der Waals surface area contributed by atoms with Crippen molar-refractivity contribution >= 4 is 30.3 Å². The lowest BCUT2D eigenvalue weighted by atomic mass is 10.1. The van der Waals surface area contributed by atoms with E-state index in [1.54, 1.807) is 36.5 Å². The Labute approximate surface area is 144 Å². The van der Waals surface area contributed by atoms with Crippen LogP contribution in [-0.2, 0) is 0 Å². The minimum Gasteiger partial charge on any atom is -0.486 e. The molecule has 0 amide bonds. The standard InChI is InChI=1S/C17H17N5O3/c18-17(19)22-21-10-11-25-15-2-1-9-20-14(15)8-5-12-3-6-13(7-4-12)16(23)24/h1-10H,11H2,(H,23,24)(H4,18,19,22)/b8-5+,21-10+. The molecule has 1 aromatic heterocycles. The number of pyridine rings is 1. The fraction of sp³-hybridized carbons (Fsp3) is 0.0588. The minimum atomic E-state index is -0.960. The maximum absolute atomic E-state index is 10.8. The van der Waals surface area contributed by atoms with Crippen LogP contribution in [0.3, 0.4) is 0 Å². The van der Waals surface area contributed by atoms with E-state index in [9.17, 15) is 4.79 Å². The number of nitrogens with two attached hydrogens (primary N) is 2. The average molecular weight is 339 g/mol. The van der Waals surface area contributed by atoms with E-state index < -0.39 is 5.97 Å². The van der Waals surface area contributed by atoms with Gasteiger partial charge < -0.3 is 21.3 Å². The second kappa shape index (κ2) is 8.82. The van der Waals surface area contributed by atoms with Crippen LogP contribution in [0.2, 0.25) is 0 Å². The second-order valence-corrected chi connectivity index (χ2v) is 4.78. The predicted molar refractivity (Wildman–Crippen MR) is 96.4 cm³/mol. The maximum Gasteiger partial charge on any atom is 0.335 e. The molecule has 0 saturated heterocycles. The SMILES string of the molecule is NC(N)=N/N=C/COc1cccnc1/C=C/c1ccc(C(=O)O)cc1. The third-order valence-corrected chi connectivity index (χ3v) is 2.96. The number of benzene rings is 1. The summed E-state index contributed by atoms with van der Waals surface area (Å²) in [5.41, 5.74) is 12.0. The number of hydrogen-bond acceptors (Lipinski definition) is 5. The molecule has 2 aromatic rings. The molecule has 1 heterocycles. The first-order valence-corrected chi connectivity index (χ1v) is 7.26. The molecule has 0 aliphatic carbocycles. The smallest absolute Gasteiger partial charge is 0.335 e. The van der Waals surface area contributed by atoms with Gasteiger partial charge in [-0.25, -0.2) is 4.79 Å². The molecule has 0 unspecified atom stereocenters. The largest absolute Gasteiger partial charge is 0.486 e. The number of carbonyl (C=O) groups is 1. The molecule has 0 atom stereocenters. The molecule has 8 heteroatoms. The Kier molecular flexibility index (Phi) is 6.24. The van der Waals surface area contributed by atoms with Gasteiger partial charge >= 0.3 is 5.97 Å². The number of carboxylic acid groups (broad SMARTS) is 1. The summed E-state index contributed by atoms with van der Waals surface area (Å²) in [5, 5.41) is 16.0. The molecule has 0 fully saturated rings. The van der Waals surface area contributed by atoms with Gasteiger partial charge in [0.1, 0.15) is 18.1 Å². The van der Waals surface area contributed by atoms with Gasteiger partial charge in [0.05, 0.1) is 11.8 Å². The van der Waals surface area contributed by atoms with Crippen molar-refractivity contribution in [3.8, 4) is 5.75 Å². The Balaban J connectivity index is 2.05. The van der Waals surface area contributed by atoms with Gasteiger partial charge in [-0.2, -0.15) is 5.10 Å². The van der Waals surface area contributed by atoms with Gasteiger partial charge in [-0.05, 0) is 35.9 Å². The topological polar surface area (TPSA) is 136 Å². The number of hydrogen-bond donors (Lipinski definition) is 3. The monoisotopic (exact) mass is 339 g/mol. The van der Waals surface area contributed by atoms with Gasteiger partial charge in [0.15, 0.2) is 0 Å². The highest BCUT2D eigenvalue weighted by molar-refractivity contribution is 5.88. The molecule has 0 radical (unpaired) electrons. The molecular weight excluding hydrogens is 322 g/mol. The number of carboxylic acids is 1. The molecule has 128 valence electrons. The van der Waals surface area contributed by atoms with Crippen LogP contribution in [0.15, 0.2) is 52.8 Å². The Hall–Kier alpha value is -3.68. The van der Waals surface area contributed by atoms with E-state index in [4.69, 9.17) is 21.3 Å². The highest BCUT2D eigenvalue weighted by Gasteiger charge is 2.02. The zero-order valence-electron chi connectivity index (χ0n) is 13.2. The van der Waals surface area contributed by atoms with Crippen LogP contribution in [0.4, 0.5) is 0 Å². The molecule has 2 rings (SSSR count). The number of ether oxygens (including phenoxy) is 1. The summed E-state index contributed by atoms with van der Waals surface area (Å²) in [6, 6.07) is 10.0. The van der Waals surface area contributed by atoms with Gasteiger partial charge in [0, 0.05) is 6.20 Å². The van der Waals surface area contributed by atoms with Crippen molar-refractivity contribution in [3.63, 3.8) is 0 Å². The van der Waals surface area contributed by atoms with Gasteiger partial charge in [-0.1, -0.05) is 18.2 Å². The molecule has 1 aromatic carbocycles. The number of aromatic carboxylic acids is 1. The van der Waals surface area contributed by atoms with E-state index in [0.717, 1.165) is 5.56 Å². The summed E-state index contributed by atoms with van der Waals surface area (Å²) in [5.74, 6) is -0.523. The van der Waals surface area contributed by atoms with Gasteiger partial charge in [0.2, 0.25) is 5.96 Å². The summed E-state index contributed by atoms with van der Waals surface area (Å²) in [7, 11) is 0. The van der Waals surface area contributed by atoms with Gasteiger partial charge in [-0.15, -0.1) is 5.10 Å². The fourth-order valence-electron chi connectivity index (χ4n) is 1.83. The lowest BCUT2D eigenvalue weighted by Crippen LogP contribution is -2.21. The summed E-state index contributed by atoms with van der Waals surface area (Å²) >= 11 is 0. The molecule has 0 aliphatic rings. The number of aromatic nitrogens is 1. The summed E-state index contributed by atoms with van der Waals surface area (Å²) in [6.45, 7) is 0.177. The molecule has 5 N–H and O–H groups in total. The van der Waals surface area contributed by atoms with Crippen LogP contribution in [0.1, 0.15) is 21.6 Å². The number of rotatable bonds is 7. The molecule has 0 spiro atoms. The van der Waals surface area contributed by atoms with E-state index in [2.05, 4.69) is 15.2 Å². The number of guanidine groups is 1. The lowest BCUT2D eigenvalue weighted by Gasteiger charge is -2.05. The zero-order chi connectivity index (χ0) is 18.1. The Morgan fingerprint density at radius 3 is 2.64 bits per heavy atom. The summed E-state index contributed by atoms with van der Waals surface area (Å²) < 4.78 is 5.57. The Morgan fingerprint density at radius 2 is 1.96 bits per heavy atom. The van der Waals surface area contributed by atoms with Gasteiger partial charge in [0.25, 0.3) is 0 Å². The van der Waals surface area contributed by atoms with Crippen molar-refractivity contribution in [3.05, 3.63) is 59.4 Å². The van der Waals surface area contributed by atoms with Crippen molar-refractivity contribution in [2.24, 2.45) is 21.7 Å². The predicted octanol–water partition coefficient (Wildman–Crippen LogP) is 1.59. The minimum absolute atomic E-state index is 0.129. The normalized spacial score (nSPS) is 10.9. The van der Waals surface area contributed by atoms with Crippen LogP contribution in [0.25, 0.3) is 12.2 Å². The third kappa shape index (κ3) is 5.79. The summed E-state index contributed by atoms with van der Waals surface area (Å²) in [4.78, 5) is 15.1. The Morgan fingerprint density at radius 1 is 1.20 bits per heavy atom. The van der Waals surface area contributed by atoms with E-state index in [1.165, 1.54) is 18.3 Å². The van der Waals surface area contributed by atoms with E-state index >= 15 is 0 Å². The van der Waals surface area contributed by atoms with Crippen molar-refractivity contribution in [2.75, 3.05) is 6.61 Å². The fourth-order valence-corrected chi connectivity index (χ4v) is 1.83. The van der Waals surface area contributed by atoms with Crippen molar-refractivity contribution < 1.29 is 14.6 Å². The Bertz CT molecular complexity index is 809. The van der Waals surface area contributed by atoms with Crippen molar-refractivity contribution in [1.82, 2.24) is 4.98 Å². The summed E-state index contributed by atoms with van der Waals surface area (Å²) in [6.07, 6.45) is 6.66. The molecule has 0 bridgehead atoms. The maximum atomic E-state index is 10.8.